The molecule has 0 N–H and O–H groups in total. The molecule has 3 aliphatic heterocycles. The summed E-state index contributed by atoms with van der Waals surface area (Å²) in [6.45, 7) is 11.5. The zero-order valence-corrected chi connectivity index (χ0v) is 60.8. The first-order valence-electron chi connectivity index (χ1n) is 33.1. The lowest BCUT2D eigenvalue weighted by Crippen LogP contribution is -2.41. The van der Waals surface area contributed by atoms with Gasteiger partial charge in [0.25, 0.3) is 0 Å². The Labute approximate surface area is 596 Å². The number of anilines is 2. The quantitative estimate of drug-likeness (QED) is 0.0642. The van der Waals surface area contributed by atoms with E-state index in [0.29, 0.717) is 90.2 Å². The number of carbonyl (C=O) groups excluding carboxylic acids is 2. The summed E-state index contributed by atoms with van der Waals surface area (Å²) in [5.41, 5.74) is 8.78. The van der Waals surface area contributed by atoms with Crippen LogP contribution in [0.4, 0.5) is 28.9 Å². The highest BCUT2D eigenvalue weighted by atomic mass is 79.9. The number of alkyl halides is 2. The zero-order valence-electron chi connectivity index (χ0n) is 57.5. The summed E-state index contributed by atoms with van der Waals surface area (Å²) in [5, 5.41) is 3.08. The number of sulfonamides is 2. The molecule has 2 atom stereocenters. The van der Waals surface area contributed by atoms with E-state index in [0.717, 1.165) is 71.4 Å². The predicted molar refractivity (Wildman–Crippen MR) is 397 cm³/mol. The summed E-state index contributed by atoms with van der Waals surface area (Å²) in [6, 6.07) is 49.2. The van der Waals surface area contributed by atoms with Gasteiger partial charge in [0.1, 0.15) is 59.0 Å². The van der Waals surface area contributed by atoms with Gasteiger partial charge >= 0.3 is 7.12 Å². The first kappa shape index (κ1) is 71.0. The summed E-state index contributed by atoms with van der Waals surface area (Å²) < 4.78 is 151. The van der Waals surface area contributed by atoms with Crippen LogP contribution in [-0.4, -0.2) is 108 Å². The highest BCUT2D eigenvalue weighted by Gasteiger charge is 2.53. The van der Waals surface area contributed by atoms with E-state index >= 15 is 0 Å². The van der Waals surface area contributed by atoms with Gasteiger partial charge in [-0.1, -0.05) is 72.2 Å². The SMILES string of the molecule is CCC(=O)c1c(-c2ccc(F)cc2)oc2cc(N(C)S(C)(=O)=O)c(-c3ccc4c(c3)-c3cc5ccccc5n3CC(F)CO4)cc12.CCC(=O)c1c(-c2ccc(F)cc2)oc2cc(N(C)S(C)(=O)=O)c(B3OC(C)(C)C(C)(C)O3)cc12.FC1COc2ccc(Br)cc2-c2cc3ccccc3n2C1. The Hall–Kier alpha value is -9.46. The number of benzene rings is 8. The van der Waals surface area contributed by atoms with Gasteiger partial charge in [-0.25, -0.2) is 34.4 Å². The number of carbonyl (C=O) groups is 2. The van der Waals surface area contributed by atoms with Gasteiger partial charge in [0.15, 0.2) is 23.9 Å². The van der Waals surface area contributed by atoms with Crippen LogP contribution in [0, 0.1) is 11.6 Å². The Morgan fingerprint density at radius 1 is 0.539 bits per heavy atom. The lowest BCUT2D eigenvalue weighted by atomic mass is 9.76. The van der Waals surface area contributed by atoms with E-state index in [1.807, 2.05) is 110 Å². The number of nitrogens with zero attached hydrogens (tertiary/aromatic N) is 4. The van der Waals surface area contributed by atoms with Crippen molar-refractivity contribution in [2.24, 2.45) is 0 Å². The summed E-state index contributed by atoms with van der Waals surface area (Å²) in [4.78, 5) is 26.5. The number of rotatable bonds is 12. The van der Waals surface area contributed by atoms with E-state index in [2.05, 4.69) is 28.1 Å². The fourth-order valence-corrected chi connectivity index (χ4v) is 14.4. The van der Waals surface area contributed by atoms with Crippen molar-refractivity contribution in [2.75, 3.05) is 48.4 Å². The van der Waals surface area contributed by atoms with Gasteiger partial charge in [-0.3, -0.25) is 18.2 Å². The molecule has 7 heterocycles. The number of ketones is 2. The third kappa shape index (κ3) is 13.5. The molecule has 12 aromatic rings. The predicted octanol–water partition coefficient (Wildman–Crippen LogP) is 17.6. The van der Waals surface area contributed by atoms with Crippen LogP contribution in [0.5, 0.6) is 11.5 Å². The minimum Gasteiger partial charge on any atom is -0.490 e. The number of hydrogen-bond acceptors (Lipinski definition) is 12. The first-order chi connectivity index (χ1) is 48.4. The van der Waals surface area contributed by atoms with E-state index < -0.39 is 62.3 Å². The molecular formula is C78H72BBrF4N4O12S2. The molecule has 15 rings (SSSR count). The minimum atomic E-state index is -3.72. The van der Waals surface area contributed by atoms with Crippen LogP contribution in [0.3, 0.4) is 0 Å². The topological polar surface area (TPSA) is 182 Å². The Balaban J connectivity index is 0.000000146. The summed E-state index contributed by atoms with van der Waals surface area (Å²) in [6.07, 6.45) is 0.393. The van der Waals surface area contributed by atoms with Crippen LogP contribution in [0.25, 0.3) is 100 Å². The Bertz CT molecular complexity index is 5520. The molecule has 0 bridgehead atoms. The molecule has 0 amide bonds. The van der Waals surface area contributed by atoms with E-state index in [1.54, 1.807) is 62.4 Å². The largest absolute Gasteiger partial charge is 0.497 e. The lowest BCUT2D eigenvalue weighted by Gasteiger charge is -2.32. The fraction of sp³-hybridized carbons (Fsp3) is 0.256. The van der Waals surface area contributed by atoms with E-state index in [4.69, 9.17) is 27.6 Å². The Morgan fingerprint density at radius 3 is 1.43 bits per heavy atom. The van der Waals surface area contributed by atoms with Gasteiger partial charge in [0.2, 0.25) is 20.0 Å². The van der Waals surface area contributed by atoms with Gasteiger partial charge < -0.3 is 36.8 Å². The Morgan fingerprint density at radius 2 is 0.961 bits per heavy atom. The summed E-state index contributed by atoms with van der Waals surface area (Å²) >= 11 is 3.50. The number of ether oxygens (including phenoxy) is 2. The summed E-state index contributed by atoms with van der Waals surface area (Å²) in [5.74, 6) is 0.634. The monoisotopic (exact) mass is 1490 g/mol. The van der Waals surface area contributed by atoms with E-state index in [9.17, 15) is 44.0 Å². The van der Waals surface area contributed by atoms with Crippen molar-refractivity contribution in [1.29, 1.82) is 0 Å². The molecule has 24 heteroatoms. The highest BCUT2D eigenvalue weighted by molar-refractivity contribution is 9.10. The van der Waals surface area contributed by atoms with Crippen LogP contribution in [-0.2, 0) is 42.4 Å². The molecule has 4 aromatic heterocycles. The molecule has 0 aliphatic carbocycles. The smallest absolute Gasteiger partial charge is 0.490 e. The molecule has 1 fully saturated rings. The second-order valence-electron chi connectivity index (χ2n) is 26.6. The second kappa shape index (κ2) is 27.4. The molecule has 0 radical (unpaired) electrons. The van der Waals surface area contributed by atoms with Gasteiger partial charge in [-0.2, -0.15) is 0 Å². The number of hydrogen-bond donors (Lipinski definition) is 0. The molecule has 1 saturated heterocycles. The number of furan rings is 2. The molecule has 526 valence electrons. The third-order valence-electron chi connectivity index (χ3n) is 19.2. The van der Waals surface area contributed by atoms with Crippen molar-refractivity contribution in [3.05, 3.63) is 197 Å². The van der Waals surface area contributed by atoms with Crippen LogP contribution in [0.1, 0.15) is 75.1 Å². The number of para-hydroxylation sites is 2. The minimum absolute atomic E-state index is 0.0839. The molecule has 0 spiro atoms. The highest BCUT2D eigenvalue weighted by Crippen LogP contribution is 2.47. The summed E-state index contributed by atoms with van der Waals surface area (Å²) in [7, 11) is -5.35. The number of aromatic nitrogens is 2. The molecule has 8 aromatic carbocycles. The standard InChI is InChI=1S/C36H30F2N2O5S.C25H29BFNO6S.C17H13BrFNO/c1-4-32(41)35-28-17-26(30(39(2)46(3,42)43)18-34(28)45-36(35)21-9-12-24(37)13-10-21)22-11-14-33-27(15-22)31-16-23-7-5-6-8-29(23)40(31)19-25(38)20-44-33;1-8-20(29)22-17-13-18(26-33-24(2,3)25(4,5)34-26)19(28(6)35(7,30)31)14-21(17)32-23(22)15-9-11-16(27)12-10-15;18-12-5-6-17-14(8-12)16-7-11-3-1-2-4-15(11)20(16)9-13(19)10-21-17/h5-18,25H,4,19-20H2,1-3H3;9-14H,8H2,1-7H3;1-8,13H,9-10H2. The average molecular weight is 1490 g/mol. The third-order valence-corrected chi connectivity index (χ3v) is 22.1. The van der Waals surface area contributed by atoms with Gasteiger partial charge in [0.05, 0.1) is 70.7 Å². The first-order valence-corrected chi connectivity index (χ1v) is 37.6. The lowest BCUT2D eigenvalue weighted by molar-refractivity contribution is 0.00578. The Kier molecular flexibility index (Phi) is 19.1. The van der Waals surface area contributed by atoms with E-state index in [-0.39, 0.29) is 49.9 Å². The zero-order chi connectivity index (χ0) is 72.6. The van der Waals surface area contributed by atoms with Crippen molar-refractivity contribution in [1.82, 2.24) is 9.13 Å². The fourth-order valence-electron chi connectivity index (χ4n) is 13.1. The maximum absolute atomic E-state index is 15.0. The average Bonchev–Trinajstić information content (AvgIpc) is 1.58. The molecule has 3 aliphatic rings. The van der Waals surface area contributed by atoms with Crippen molar-refractivity contribution in [3.8, 4) is 67.8 Å². The number of halogens is 5. The van der Waals surface area contributed by atoms with Gasteiger partial charge in [-0.15, -0.1) is 0 Å². The molecule has 2 unspecified atom stereocenters. The van der Waals surface area contributed by atoms with Crippen molar-refractivity contribution >= 4 is 115 Å². The normalized spacial score (nSPS) is 16.2. The van der Waals surface area contributed by atoms with Crippen molar-refractivity contribution in [3.63, 3.8) is 0 Å². The maximum atomic E-state index is 15.0. The van der Waals surface area contributed by atoms with Crippen molar-refractivity contribution < 1.29 is 71.6 Å². The van der Waals surface area contributed by atoms with Crippen molar-refractivity contribution in [2.45, 2.75) is 91.0 Å². The van der Waals surface area contributed by atoms with E-state index in [1.165, 1.54) is 54.8 Å². The molecule has 16 nitrogen and oxygen atoms in total. The maximum Gasteiger partial charge on any atom is 0.497 e. The molecule has 102 heavy (non-hydrogen) atoms. The molecule has 0 saturated carbocycles. The van der Waals surface area contributed by atoms with Crippen LogP contribution < -0.4 is 23.5 Å². The van der Waals surface area contributed by atoms with Gasteiger partial charge in [0, 0.05) is 109 Å². The van der Waals surface area contributed by atoms with Gasteiger partial charge in [-0.05, 0) is 149 Å². The number of Topliss-reactive ketones (excluding diaryl/α,β-unsaturated/α-hetero) is 2. The second-order valence-corrected chi connectivity index (χ2v) is 31.5. The van der Waals surface area contributed by atoms with Crippen LogP contribution in [0.2, 0.25) is 0 Å². The van der Waals surface area contributed by atoms with Crippen LogP contribution in [0.15, 0.2) is 183 Å². The molecular weight excluding hydrogens is 1420 g/mol. The number of fused-ring (bicyclic) bond motifs is 12. The van der Waals surface area contributed by atoms with Crippen LogP contribution >= 0.6 is 15.9 Å².